The van der Waals surface area contributed by atoms with Crippen LogP contribution in [0.1, 0.15) is 40.0 Å². The molecule has 3 heteroatoms. The molecule has 72 valence electrons. The van der Waals surface area contributed by atoms with Crippen molar-refractivity contribution in [1.82, 2.24) is 5.32 Å². The summed E-state index contributed by atoms with van der Waals surface area (Å²) in [5.74, 6) is 0.0240. The van der Waals surface area contributed by atoms with Crippen molar-refractivity contribution in [2.75, 3.05) is 6.61 Å². The lowest BCUT2D eigenvalue weighted by atomic mass is 10.0. The summed E-state index contributed by atoms with van der Waals surface area (Å²) >= 11 is 0. The molecule has 12 heavy (non-hydrogen) atoms. The number of hydrogen-bond donors (Lipinski definition) is 2. The normalized spacial score (nSPS) is 11.3. The van der Waals surface area contributed by atoms with Crippen LogP contribution in [-0.4, -0.2) is 23.2 Å². The summed E-state index contributed by atoms with van der Waals surface area (Å²) in [4.78, 5) is 11.2. The molecule has 0 heterocycles. The van der Waals surface area contributed by atoms with Gasteiger partial charge in [-0.25, -0.2) is 0 Å². The van der Waals surface area contributed by atoms with Crippen molar-refractivity contribution in [2.45, 2.75) is 45.6 Å². The standard InChI is InChI=1S/C9H19NO2/c1-4-9(2,3)10-8(12)6-5-7-11/h11H,4-7H2,1-3H3,(H,10,12). The highest BCUT2D eigenvalue weighted by atomic mass is 16.3. The van der Waals surface area contributed by atoms with Crippen molar-refractivity contribution in [3.63, 3.8) is 0 Å². The summed E-state index contributed by atoms with van der Waals surface area (Å²) < 4.78 is 0. The first-order valence-corrected chi connectivity index (χ1v) is 4.43. The van der Waals surface area contributed by atoms with Crippen LogP contribution in [-0.2, 0) is 4.79 Å². The average molecular weight is 173 g/mol. The van der Waals surface area contributed by atoms with Gasteiger partial charge < -0.3 is 10.4 Å². The van der Waals surface area contributed by atoms with Gasteiger partial charge in [-0.15, -0.1) is 0 Å². The first-order valence-electron chi connectivity index (χ1n) is 4.43. The molecule has 0 saturated heterocycles. The Balaban J connectivity index is 3.68. The van der Waals surface area contributed by atoms with E-state index >= 15 is 0 Å². The van der Waals surface area contributed by atoms with Crippen molar-refractivity contribution >= 4 is 5.91 Å². The van der Waals surface area contributed by atoms with Crippen LogP contribution in [0.2, 0.25) is 0 Å². The number of hydrogen-bond acceptors (Lipinski definition) is 2. The molecule has 0 bridgehead atoms. The lowest BCUT2D eigenvalue weighted by Gasteiger charge is -2.24. The Morgan fingerprint density at radius 3 is 2.50 bits per heavy atom. The van der Waals surface area contributed by atoms with E-state index < -0.39 is 0 Å². The number of amides is 1. The lowest BCUT2D eigenvalue weighted by Crippen LogP contribution is -2.42. The molecule has 3 nitrogen and oxygen atoms in total. The molecular formula is C9H19NO2. The van der Waals surface area contributed by atoms with Crippen molar-refractivity contribution in [3.8, 4) is 0 Å². The number of carbonyl (C=O) groups excluding carboxylic acids is 1. The summed E-state index contributed by atoms with van der Waals surface area (Å²) in [6, 6.07) is 0. The van der Waals surface area contributed by atoms with Crippen LogP contribution in [0, 0.1) is 0 Å². The minimum atomic E-state index is -0.119. The van der Waals surface area contributed by atoms with Gasteiger partial charge in [-0.3, -0.25) is 4.79 Å². The topological polar surface area (TPSA) is 49.3 Å². The number of rotatable bonds is 5. The lowest BCUT2D eigenvalue weighted by molar-refractivity contribution is -0.123. The molecule has 0 aliphatic heterocycles. The monoisotopic (exact) mass is 173 g/mol. The summed E-state index contributed by atoms with van der Waals surface area (Å²) in [7, 11) is 0. The van der Waals surface area contributed by atoms with E-state index in [1.807, 2.05) is 20.8 Å². The third-order valence-electron chi connectivity index (χ3n) is 1.92. The SMILES string of the molecule is CCC(C)(C)NC(=O)CCCO. The van der Waals surface area contributed by atoms with Crippen molar-refractivity contribution in [2.24, 2.45) is 0 Å². The van der Waals surface area contributed by atoms with E-state index in [4.69, 9.17) is 5.11 Å². The zero-order chi connectivity index (χ0) is 9.61. The van der Waals surface area contributed by atoms with Gasteiger partial charge in [0.1, 0.15) is 0 Å². The van der Waals surface area contributed by atoms with Crippen LogP contribution in [0.25, 0.3) is 0 Å². The second-order valence-corrected chi connectivity index (χ2v) is 3.61. The van der Waals surface area contributed by atoms with Crippen molar-refractivity contribution < 1.29 is 9.90 Å². The third-order valence-corrected chi connectivity index (χ3v) is 1.92. The van der Waals surface area contributed by atoms with Gasteiger partial charge in [-0.2, -0.15) is 0 Å². The first kappa shape index (κ1) is 11.4. The molecule has 0 radical (unpaired) electrons. The maximum atomic E-state index is 11.2. The average Bonchev–Trinajstić information content (AvgIpc) is 2.00. The molecule has 0 saturated carbocycles. The molecule has 0 unspecified atom stereocenters. The Hall–Kier alpha value is -0.570. The summed E-state index contributed by atoms with van der Waals surface area (Å²) in [5, 5.41) is 11.4. The molecule has 0 rings (SSSR count). The summed E-state index contributed by atoms with van der Waals surface area (Å²) in [6.45, 7) is 6.10. The molecule has 0 aromatic heterocycles. The Labute approximate surface area is 74.2 Å². The molecule has 0 atom stereocenters. The van der Waals surface area contributed by atoms with Crippen LogP contribution in [0.3, 0.4) is 0 Å². The third kappa shape index (κ3) is 5.13. The molecular weight excluding hydrogens is 154 g/mol. The van der Waals surface area contributed by atoms with Gasteiger partial charge >= 0.3 is 0 Å². The van der Waals surface area contributed by atoms with Crippen LogP contribution in [0.15, 0.2) is 0 Å². The fraction of sp³-hybridized carbons (Fsp3) is 0.889. The highest BCUT2D eigenvalue weighted by Crippen LogP contribution is 2.07. The predicted molar refractivity (Wildman–Crippen MR) is 48.8 cm³/mol. The second kappa shape index (κ2) is 5.14. The largest absolute Gasteiger partial charge is 0.396 e. The van der Waals surface area contributed by atoms with Gasteiger partial charge in [0.05, 0.1) is 0 Å². The number of carbonyl (C=O) groups is 1. The number of nitrogens with one attached hydrogen (secondary N) is 1. The summed E-state index contributed by atoms with van der Waals surface area (Å²) in [6.07, 6.45) is 1.88. The van der Waals surface area contributed by atoms with Crippen LogP contribution < -0.4 is 5.32 Å². The second-order valence-electron chi connectivity index (χ2n) is 3.61. The maximum Gasteiger partial charge on any atom is 0.220 e. The Bertz CT molecular complexity index is 143. The van der Waals surface area contributed by atoms with E-state index in [0.29, 0.717) is 12.8 Å². The van der Waals surface area contributed by atoms with Crippen LogP contribution in [0.4, 0.5) is 0 Å². The van der Waals surface area contributed by atoms with Gasteiger partial charge in [0.25, 0.3) is 0 Å². The predicted octanol–water partition coefficient (Wildman–Crippen LogP) is 1.06. The zero-order valence-electron chi connectivity index (χ0n) is 8.18. The van der Waals surface area contributed by atoms with Gasteiger partial charge in [0.15, 0.2) is 0 Å². The molecule has 0 aromatic carbocycles. The maximum absolute atomic E-state index is 11.2. The highest BCUT2D eigenvalue weighted by molar-refractivity contribution is 5.76. The number of aliphatic hydroxyl groups excluding tert-OH is 1. The van der Waals surface area contributed by atoms with Crippen molar-refractivity contribution in [3.05, 3.63) is 0 Å². The highest BCUT2D eigenvalue weighted by Gasteiger charge is 2.16. The first-order chi connectivity index (χ1) is 5.52. The van der Waals surface area contributed by atoms with Gasteiger partial charge in [-0.1, -0.05) is 6.92 Å². The van der Waals surface area contributed by atoms with Gasteiger partial charge in [-0.05, 0) is 26.7 Å². The van der Waals surface area contributed by atoms with Gasteiger partial charge in [0, 0.05) is 18.6 Å². The number of aliphatic hydroxyl groups is 1. The molecule has 0 fully saturated rings. The Morgan fingerprint density at radius 1 is 1.50 bits per heavy atom. The van der Waals surface area contributed by atoms with E-state index in [-0.39, 0.29) is 18.1 Å². The summed E-state index contributed by atoms with van der Waals surface area (Å²) in [5.41, 5.74) is -0.119. The van der Waals surface area contributed by atoms with Gasteiger partial charge in [0.2, 0.25) is 5.91 Å². The van der Waals surface area contributed by atoms with E-state index in [1.165, 1.54) is 0 Å². The van der Waals surface area contributed by atoms with Crippen molar-refractivity contribution in [1.29, 1.82) is 0 Å². The molecule has 1 amide bonds. The van der Waals surface area contributed by atoms with Crippen LogP contribution >= 0.6 is 0 Å². The fourth-order valence-electron chi connectivity index (χ4n) is 0.768. The molecule has 0 spiro atoms. The van der Waals surface area contributed by atoms with E-state index in [2.05, 4.69) is 5.32 Å². The minimum absolute atomic E-state index is 0.0240. The minimum Gasteiger partial charge on any atom is -0.396 e. The Morgan fingerprint density at radius 2 is 2.08 bits per heavy atom. The smallest absolute Gasteiger partial charge is 0.220 e. The van der Waals surface area contributed by atoms with E-state index in [9.17, 15) is 4.79 Å². The molecule has 0 aromatic rings. The zero-order valence-corrected chi connectivity index (χ0v) is 8.18. The van der Waals surface area contributed by atoms with E-state index in [1.54, 1.807) is 0 Å². The Kier molecular flexibility index (Phi) is 4.90. The molecule has 0 aliphatic carbocycles. The molecule has 2 N–H and O–H groups in total. The molecule has 0 aliphatic rings. The van der Waals surface area contributed by atoms with Crippen LogP contribution in [0.5, 0.6) is 0 Å². The fourth-order valence-corrected chi connectivity index (χ4v) is 0.768. The van der Waals surface area contributed by atoms with E-state index in [0.717, 1.165) is 6.42 Å². The quantitative estimate of drug-likeness (QED) is 0.653.